The summed E-state index contributed by atoms with van der Waals surface area (Å²) in [4.78, 5) is 0. The number of nitrogens with zero attached hydrogens (tertiary/aromatic N) is 4. The lowest BCUT2D eigenvalue weighted by Crippen LogP contribution is -2.12. The fraction of sp³-hybridized carbons (Fsp3) is 0.750. The molecular formula is C4H7N4O3S2-. The van der Waals surface area contributed by atoms with E-state index in [4.69, 9.17) is 0 Å². The fourth-order valence-corrected chi connectivity index (χ4v) is 1.82. The second-order valence-electron chi connectivity index (χ2n) is 2.08. The van der Waals surface area contributed by atoms with E-state index in [1.807, 2.05) is 6.92 Å². The largest absolute Gasteiger partial charge is 0.747 e. The Hall–Kier alpha value is -0.670. The summed E-state index contributed by atoms with van der Waals surface area (Å²) >= 11 is 1.27. The van der Waals surface area contributed by atoms with Gasteiger partial charge < -0.3 is 4.55 Å². The first kappa shape index (κ1) is 10.4. The van der Waals surface area contributed by atoms with E-state index >= 15 is 0 Å². The molecule has 1 rings (SSSR count). The number of aromatic nitrogens is 4. The zero-order chi connectivity index (χ0) is 9.90. The van der Waals surface area contributed by atoms with Gasteiger partial charge in [-0.05, 0) is 16.2 Å². The third-order valence-electron chi connectivity index (χ3n) is 1.05. The van der Waals surface area contributed by atoms with E-state index in [0.29, 0.717) is 10.9 Å². The van der Waals surface area contributed by atoms with Crippen molar-refractivity contribution in [3.63, 3.8) is 0 Å². The summed E-state index contributed by atoms with van der Waals surface area (Å²) in [5.41, 5.74) is 0. The number of hydrogen-bond donors (Lipinski definition) is 0. The topological polar surface area (TPSA) is 101 Å². The Balaban J connectivity index is 2.82. The van der Waals surface area contributed by atoms with Gasteiger partial charge >= 0.3 is 0 Å². The predicted octanol–water partition coefficient (Wildman–Crippen LogP) is -0.712. The Kier molecular flexibility index (Phi) is 3.22. The second kappa shape index (κ2) is 4.03. The highest BCUT2D eigenvalue weighted by Crippen LogP contribution is 2.12. The molecule has 0 fully saturated rings. The van der Waals surface area contributed by atoms with Crippen molar-refractivity contribution in [2.45, 2.75) is 18.0 Å². The number of thioether (sulfide) groups is 1. The van der Waals surface area contributed by atoms with Gasteiger partial charge in [0.2, 0.25) is 5.16 Å². The molecule has 0 unspecified atom stereocenters. The second-order valence-corrected chi connectivity index (χ2v) is 4.69. The Bertz CT molecular complexity index is 372. The minimum absolute atomic E-state index is 0.335. The van der Waals surface area contributed by atoms with Gasteiger partial charge in [-0.2, -0.15) is 0 Å². The van der Waals surface area contributed by atoms with E-state index in [1.165, 1.54) is 11.8 Å². The van der Waals surface area contributed by atoms with Crippen molar-refractivity contribution < 1.29 is 13.0 Å². The lowest BCUT2D eigenvalue weighted by atomic mass is 11.0. The third-order valence-corrected chi connectivity index (χ3v) is 2.45. The third kappa shape index (κ3) is 3.28. The molecule has 0 saturated carbocycles. The summed E-state index contributed by atoms with van der Waals surface area (Å²) in [5, 5.41) is 10.5. The number of hydrogen-bond acceptors (Lipinski definition) is 7. The van der Waals surface area contributed by atoms with Gasteiger partial charge in [0.05, 0.1) is 0 Å². The van der Waals surface area contributed by atoms with E-state index in [0.717, 1.165) is 4.68 Å². The molecule has 0 N–H and O–H groups in total. The molecule has 0 spiro atoms. The molecule has 9 heteroatoms. The minimum atomic E-state index is -4.33. The molecule has 0 bridgehead atoms. The van der Waals surface area contributed by atoms with Crippen molar-refractivity contribution in [2.75, 3.05) is 5.75 Å². The van der Waals surface area contributed by atoms with Crippen LogP contribution >= 0.6 is 11.8 Å². The smallest absolute Gasteiger partial charge is 0.210 e. The van der Waals surface area contributed by atoms with E-state index in [2.05, 4.69) is 15.5 Å². The maximum absolute atomic E-state index is 10.4. The van der Waals surface area contributed by atoms with Crippen LogP contribution in [-0.2, 0) is 16.0 Å². The average molecular weight is 223 g/mol. The molecule has 0 aliphatic carbocycles. The van der Waals surface area contributed by atoms with Crippen molar-refractivity contribution in [1.82, 2.24) is 20.2 Å². The highest BCUT2D eigenvalue weighted by Gasteiger charge is 2.07. The summed E-state index contributed by atoms with van der Waals surface area (Å²) in [7, 11) is -4.33. The van der Waals surface area contributed by atoms with Crippen molar-refractivity contribution in [3.8, 4) is 0 Å². The van der Waals surface area contributed by atoms with Crippen molar-refractivity contribution in [3.05, 3.63) is 0 Å². The zero-order valence-corrected chi connectivity index (χ0v) is 8.38. The van der Waals surface area contributed by atoms with Crippen LogP contribution < -0.4 is 0 Å². The molecule has 0 aliphatic rings. The van der Waals surface area contributed by atoms with Crippen LogP contribution in [0.4, 0.5) is 0 Å². The van der Waals surface area contributed by atoms with Crippen LogP contribution in [0.1, 0.15) is 6.92 Å². The SMILES string of the molecule is CCSc1nnnn1CS(=O)(=O)[O-]. The summed E-state index contributed by atoms with van der Waals surface area (Å²) in [6.07, 6.45) is 0. The standard InChI is InChI=1S/C4H8N4O3S2/c1-2-12-4-5-6-7-8(4)3-13(9,10)11/h2-3H2,1H3,(H,9,10,11)/p-1. The van der Waals surface area contributed by atoms with Gasteiger partial charge in [-0.3, -0.25) is 0 Å². The highest BCUT2D eigenvalue weighted by atomic mass is 32.2. The molecule has 7 nitrogen and oxygen atoms in total. The van der Waals surface area contributed by atoms with Crippen molar-refractivity contribution in [2.24, 2.45) is 0 Å². The lowest BCUT2D eigenvalue weighted by Gasteiger charge is -2.06. The molecule has 0 aromatic carbocycles. The molecule has 0 aliphatic heterocycles. The molecule has 0 atom stereocenters. The summed E-state index contributed by atoms with van der Waals surface area (Å²) < 4.78 is 32.1. The fourth-order valence-electron chi connectivity index (χ4n) is 0.660. The lowest BCUT2D eigenvalue weighted by molar-refractivity contribution is 0.442. The van der Waals surface area contributed by atoms with Crippen LogP contribution in [-0.4, -0.2) is 38.9 Å². The highest BCUT2D eigenvalue weighted by molar-refractivity contribution is 7.99. The van der Waals surface area contributed by atoms with Gasteiger partial charge in [0, 0.05) is 0 Å². The van der Waals surface area contributed by atoms with E-state index in [9.17, 15) is 13.0 Å². The van der Waals surface area contributed by atoms with Crippen LogP contribution in [0.25, 0.3) is 0 Å². The minimum Gasteiger partial charge on any atom is -0.747 e. The summed E-state index contributed by atoms with van der Waals surface area (Å²) in [6.45, 7) is 1.87. The zero-order valence-electron chi connectivity index (χ0n) is 6.74. The van der Waals surface area contributed by atoms with Crippen LogP contribution in [0.3, 0.4) is 0 Å². The van der Waals surface area contributed by atoms with Crippen molar-refractivity contribution >= 4 is 21.9 Å². The van der Waals surface area contributed by atoms with Gasteiger partial charge in [0.15, 0.2) is 0 Å². The maximum Gasteiger partial charge on any atom is 0.210 e. The molecule has 74 valence electrons. The molecule has 0 saturated heterocycles. The van der Waals surface area contributed by atoms with Crippen LogP contribution in [0.5, 0.6) is 0 Å². The first-order valence-corrected chi connectivity index (χ1v) is 5.91. The van der Waals surface area contributed by atoms with E-state index in [-0.39, 0.29) is 0 Å². The van der Waals surface area contributed by atoms with Crippen LogP contribution in [0.2, 0.25) is 0 Å². The summed E-state index contributed by atoms with van der Waals surface area (Å²) in [6, 6.07) is 0. The van der Waals surface area contributed by atoms with Gasteiger partial charge in [-0.1, -0.05) is 18.7 Å². The molecule has 13 heavy (non-hydrogen) atoms. The monoisotopic (exact) mass is 223 g/mol. The normalized spacial score (nSPS) is 11.8. The van der Waals surface area contributed by atoms with E-state index in [1.54, 1.807) is 0 Å². The van der Waals surface area contributed by atoms with Gasteiger partial charge in [-0.15, -0.1) is 5.10 Å². The number of tetrazole rings is 1. The van der Waals surface area contributed by atoms with Gasteiger partial charge in [-0.25, -0.2) is 13.1 Å². The molecule has 1 aromatic heterocycles. The number of rotatable bonds is 4. The molecular weight excluding hydrogens is 216 g/mol. The summed E-state index contributed by atoms with van der Waals surface area (Å²) in [5.74, 6) is -0.0123. The van der Waals surface area contributed by atoms with E-state index < -0.39 is 16.0 Å². The molecule has 0 amide bonds. The first-order valence-electron chi connectivity index (χ1n) is 3.35. The van der Waals surface area contributed by atoms with Gasteiger partial charge in [0.1, 0.15) is 16.0 Å². The quantitative estimate of drug-likeness (QED) is 0.490. The van der Waals surface area contributed by atoms with Gasteiger partial charge in [0.25, 0.3) is 0 Å². The Labute approximate surface area is 79.3 Å². The Morgan fingerprint density at radius 3 is 2.85 bits per heavy atom. The Morgan fingerprint density at radius 1 is 1.62 bits per heavy atom. The maximum atomic E-state index is 10.4. The average Bonchev–Trinajstić information content (AvgIpc) is 2.34. The van der Waals surface area contributed by atoms with Crippen molar-refractivity contribution in [1.29, 1.82) is 0 Å². The molecule has 1 aromatic rings. The molecule has 0 radical (unpaired) electrons. The predicted molar refractivity (Wildman–Crippen MR) is 43.9 cm³/mol. The van der Waals surface area contributed by atoms with Crippen LogP contribution in [0.15, 0.2) is 5.16 Å². The first-order chi connectivity index (χ1) is 6.03. The molecule has 1 heterocycles. The Morgan fingerprint density at radius 2 is 2.31 bits per heavy atom. The van der Waals surface area contributed by atoms with Crippen LogP contribution in [0, 0.1) is 0 Å².